The van der Waals surface area contributed by atoms with Gasteiger partial charge in [0.1, 0.15) is 12.1 Å². The molecule has 1 heterocycles. The predicted molar refractivity (Wildman–Crippen MR) is 111 cm³/mol. The largest absolute Gasteiger partial charge is 0.496 e. The molecule has 29 heavy (non-hydrogen) atoms. The lowest BCUT2D eigenvalue weighted by atomic mass is 10.1. The molecule has 3 rings (SSSR count). The second-order valence-electron chi connectivity index (χ2n) is 6.14. The van der Waals surface area contributed by atoms with E-state index in [4.69, 9.17) is 4.74 Å². The Bertz CT molecular complexity index is 1010. The van der Waals surface area contributed by atoms with Gasteiger partial charge in [0.25, 0.3) is 5.91 Å². The molecule has 150 valence electrons. The fourth-order valence-corrected chi connectivity index (χ4v) is 3.28. The van der Waals surface area contributed by atoms with E-state index < -0.39 is 0 Å². The monoisotopic (exact) mass is 411 g/mol. The summed E-state index contributed by atoms with van der Waals surface area (Å²) in [5.41, 5.74) is 1.89. The highest BCUT2D eigenvalue weighted by Crippen LogP contribution is 2.18. The lowest BCUT2D eigenvalue weighted by Crippen LogP contribution is -2.23. The van der Waals surface area contributed by atoms with Crippen molar-refractivity contribution in [3.05, 3.63) is 66.0 Å². The third-order valence-corrected chi connectivity index (χ3v) is 5.08. The second kappa shape index (κ2) is 9.74. The molecular weight excluding hydrogens is 390 g/mol. The number of rotatable bonds is 8. The van der Waals surface area contributed by atoms with Gasteiger partial charge >= 0.3 is 0 Å². The Hall–Kier alpha value is -3.33. The SMILES string of the molecule is COc1ccccc1CNC(=O)c1cccc(NC(=O)CSc2nncn2C)c1. The number of hydrogen-bond donors (Lipinski definition) is 2. The van der Waals surface area contributed by atoms with Gasteiger partial charge in [0.05, 0.1) is 12.9 Å². The molecule has 0 bridgehead atoms. The standard InChI is InChI=1S/C20H21N5O3S/c1-25-13-22-24-20(25)29-12-18(26)23-16-8-5-7-14(10-16)19(27)21-11-15-6-3-4-9-17(15)28-2/h3-10,13H,11-12H2,1-2H3,(H,21,27)(H,23,26). The van der Waals surface area contributed by atoms with Gasteiger partial charge in [-0.2, -0.15) is 0 Å². The van der Waals surface area contributed by atoms with Crippen LogP contribution in [0.4, 0.5) is 5.69 Å². The van der Waals surface area contributed by atoms with Crippen molar-refractivity contribution in [3.8, 4) is 5.75 Å². The van der Waals surface area contributed by atoms with Crippen molar-refractivity contribution < 1.29 is 14.3 Å². The molecule has 2 amide bonds. The van der Waals surface area contributed by atoms with Crippen molar-refractivity contribution in [1.29, 1.82) is 0 Å². The van der Waals surface area contributed by atoms with Gasteiger partial charge in [-0.3, -0.25) is 9.59 Å². The average molecular weight is 411 g/mol. The van der Waals surface area contributed by atoms with Gasteiger partial charge in [0.15, 0.2) is 5.16 Å². The highest BCUT2D eigenvalue weighted by Gasteiger charge is 2.11. The van der Waals surface area contributed by atoms with Crippen molar-refractivity contribution in [2.45, 2.75) is 11.7 Å². The van der Waals surface area contributed by atoms with E-state index in [1.807, 2.05) is 31.3 Å². The molecule has 0 aliphatic heterocycles. The average Bonchev–Trinajstić information content (AvgIpc) is 3.15. The molecule has 0 spiro atoms. The zero-order valence-electron chi connectivity index (χ0n) is 16.1. The number of nitrogens with zero attached hydrogens (tertiary/aromatic N) is 3. The molecule has 0 saturated heterocycles. The highest BCUT2D eigenvalue weighted by atomic mass is 32.2. The topological polar surface area (TPSA) is 98.1 Å². The number of aryl methyl sites for hydroxylation is 1. The Morgan fingerprint density at radius 1 is 1.17 bits per heavy atom. The number of ether oxygens (including phenoxy) is 1. The third kappa shape index (κ3) is 5.58. The smallest absolute Gasteiger partial charge is 0.251 e. The quantitative estimate of drug-likeness (QED) is 0.553. The number of aromatic nitrogens is 3. The van der Waals surface area contributed by atoms with Crippen molar-refractivity contribution in [1.82, 2.24) is 20.1 Å². The second-order valence-corrected chi connectivity index (χ2v) is 7.08. The van der Waals surface area contributed by atoms with Gasteiger partial charge in [0, 0.05) is 30.4 Å². The molecule has 0 atom stereocenters. The van der Waals surface area contributed by atoms with Gasteiger partial charge in [-0.05, 0) is 24.3 Å². The van der Waals surface area contributed by atoms with E-state index in [9.17, 15) is 9.59 Å². The normalized spacial score (nSPS) is 10.4. The minimum atomic E-state index is -0.236. The first-order valence-electron chi connectivity index (χ1n) is 8.83. The minimum Gasteiger partial charge on any atom is -0.496 e. The van der Waals surface area contributed by atoms with E-state index >= 15 is 0 Å². The fraction of sp³-hybridized carbons (Fsp3) is 0.200. The first-order chi connectivity index (χ1) is 14.1. The first kappa shape index (κ1) is 20.4. The van der Waals surface area contributed by atoms with Crippen LogP contribution in [0.2, 0.25) is 0 Å². The van der Waals surface area contributed by atoms with E-state index in [0.717, 1.165) is 5.56 Å². The molecule has 0 radical (unpaired) electrons. The zero-order valence-corrected chi connectivity index (χ0v) is 16.9. The predicted octanol–water partition coefficient (Wildman–Crippen LogP) is 2.48. The zero-order chi connectivity index (χ0) is 20.6. The summed E-state index contributed by atoms with van der Waals surface area (Å²) in [7, 11) is 3.41. The molecule has 1 aromatic heterocycles. The van der Waals surface area contributed by atoms with Crippen LogP contribution in [0, 0.1) is 0 Å². The molecule has 0 aliphatic carbocycles. The van der Waals surface area contributed by atoms with Crippen molar-refractivity contribution in [3.63, 3.8) is 0 Å². The molecule has 2 N–H and O–H groups in total. The third-order valence-electron chi connectivity index (χ3n) is 4.04. The number of anilines is 1. The van der Waals surface area contributed by atoms with Crippen LogP contribution in [0.25, 0.3) is 0 Å². The molecule has 3 aromatic rings. The van der Waals surface area contributed by atoms with Crippen molar-refractivity contribution in [2.24, 2.45) is 7.05 Å². The summed E-state index contributed by atoms with van der Waals surface area (Å²) in [6.45, 7) is 0.341. The van der Waals surface area contributed by atoms with E-state index in [2.05, 4.69) is 20.8 Å². The minimum absolute atomic E-state index is 0.190. The Kier molecular flexibility index (Phi) is 6.85. The number of nitrogens with one attached hydrogen (secondary N) is 2. The summed E-state index contributed by atoms with van der Waals surface area (Å²) in [5.74, 6) is 0.482. The van der Waals surface area contributed by atoms with E-state index in [1.54, 1.807) is 42.3 Å². The lowest BCUT2D eigenvalue weighted by molar-refractivity contribution is -0.113. The molecule has 0 saturated carbocycles. The summed E-state index contributed by atoms with van der Waals surface area (Å²) < 4.78 is 7.03. The molecule has 0 unspecified atom stereocenters. The summed E-state index contributed by atoms with van der Waals surface area (Å²) in [4.78, 5) is 24.7. The number of methoxy groups -OCH3 is 1. The van der Waals surface area contributed by atoms with Crippen LogP contribution in [0.15, 0.2) is 60.0 Å². The highest BCUT2D eigenvalue weighted by molar-refractivity contribution is 7.99. The Labute approximate surface area is 172 Å². The van der Waals surface area contributed by atoms with Gasteiger partial charge in [-0.15, -0.1) is 10.2 Å². The maximum atomic E-state index is 12.5. The number of amides is 2. The van der Waals surface area contributed by atoms with Crippen LogP contribution >= 0.6 is 11.8 Å². The van der Waals surface area contributed by atoms with Crippen molar-refractivity contribution >= 4 is 29.3 Å². The number of para-hydroxylation sites is 1. The molecule has 8 nitrogen and oxygen atoms in total. The number of carbonyl (C=O) groups is 2. The molecule has 0 fully saturated rings. The number of carbonyl (C=O) groups excluding carboxylic acids is 2. The van der Waals surface area contributed by atoms with Crippen molar-refractivity contribution in [2.75, 3.05) is 18.2 Å². The Morgan fingerprint density at radius 2 is 2.00 bits per heavy atom. The van der Waals surface area contributed by atoms with E-state index in [1.165, 1.54) is 11.8 Å². The Balaban J connectivity index is 1.56. The van der Waals surface area contributed by atoms with Crippen LogP contribution in [-0.4, -0.2) is 39.4 Å². The van der Waals surface area contributed by atoms with Gasteiger partial charge in [-0.25, -0.2) is 0 Å². The van der Waals surface area contributed by atoms with Gasteiger partial charge in [0.2, 0.25) is 5.91 Å². The van der Waals surface area contributed by atoms with Gasteiger partial charge < -0.3 is 19.9 Å². The van der Waals surface area contributed by atoms with Crippen LogP contribution in [0.3, 0.4) is 0 Å². The molecule has 2 aromatic carbocycles. The van der Waals surface area contributed by atoms with Gasteiger partial charge in [-0.1, -0.05) is 36.0 Å². The molecule has 0 aliphatic rings. The number of hydrogen-bond acceptors (Lipinski definition) is 6. The van der Waals surface area contributed by atoms with E-state index in [-0.39, 0.29) is 17.6 Å². The maximum Gasteiger partial charge on any atom is 0.251 e. The van der Waals surface area contributed by atoms with E-state index in [0.29, 0.717) is 28.7 Å². The summed E-state index contributed by atoms with van der Waals surface area (Å²) in [5, 5.41) is 14.0. The maximum absolute atomic E-state index is 12.5. The lowest BCUT2D eigenvalue weighted by Gasteiger charge is -2.10. The summed E-state index contributed by atoms with van der Waals surface area (Å²) in [6, 6.07) is 14.3. The van der Waals surface area contributed by atoms with Crippen LogP contribution in [-0.2, 0) is 18.4 Å². The van der Waals surface area contributed by atoms with Crippen LogP contribution in [0.5, 0.6) is 5.75 Å². The summed E-state index contributed by atoms with van der Waals surface area (Å²) in [6.07, 6.45) is 1.58. The Morgan fingerprint density at radius 3 is 2.76 bits per heavy atom. The molecule has 9 heteroatoms. The van der Waals surface area contributed by atoms with Crippen LogP contribution < -0.4 is 15.4 Å². The summed E-state index contributed by atoms with van der Waals surface area (Å²) >= 11 is 1.29. The van der Waals surface area contributed by atoms with Crippen LogP contribution in [0.1, 0.15) is 15.9 Å². The fourth-order valence-electron chi connectivity index (χ4n) is 2.60. The molecular formula is C20H21N5O3S. The number of thioether (sulfide) groups is 1. The first-order valence-corrected chi connectivity index (χ1v) is 9.82. The number of benzene rings is 2.